The number of hydrogen-bond donors (Lipinski definition) is 0. The van der Waals surface area contributed by atoms with Gasteiger partial charge in [-0.3, -0.25) is 0 Å². The fraction of sp³-hybridized carbons (Fsp3) is 0.318. The van der Waals surface area contributed by atoms with E-state index in [-0.39, 0.29) is 19.1 Å². The predicted octanol–water partition coefficient (Wildman–Crippen LogP) is 3.44. The third-order valence-electron chi connectivity index (χ3n) is 4.25. The van der Waals surface area contributed by atoms with E-state index >= 15 is 0 Å². The molecule has 0 bridgehead atoms. The fourth-order valence-corrected chi connectivity index (χ4v) is 2.76. The van der Waals surface area contributed by atoms with E-state index in [4.69, 9.17) is 23.9 Å². The summed E-state index contributed by atoms with van der Waals surface area (Å²) in [6, 6.07) is 13.0. The molecule has 2 rings (SSSR count). The number of esters is 1. The van der Waals surface area contributed by atoms with Gasteiger partial charge < -0.3 is 23.9 Å². The average Bonchev–Trinajstić information content (AvgIpc) is 2.76. The van der Waals surface area contributed by atoms with Crippen LogP contribution in [0, 0.1) is 6.92 Å². The Labute approximate surface area is 176 Å². The molecule has 0 heterocycles. The second kappa shape index (κ2) is 11.6. The van der Waals surface area contributed by atoms with Gasteiger partial charge in [0, 0.05) is 23.8 Å². The summed E-state index contributed by atoms with van der Waals surface area (Å²) in [5.74, 6) is 0.0357. The van der Waals surface area contributed by atoms with Crippen LogP contribution in [0.15, 0.2) is 52.8 Å². The Hall–Kier alpha value is -3.39. The van der Waals surface area contributed by atoms with Crippen molar-refractivity contribution in [2.75, 3.05) is 28.1 Å². The van der Waals surface area contributed by atoms with E-state index in [0.717, 1.165) is 16.7 Å². The highest BCUT2D eigenvalue weighted by Crippen LogP contribution is 2.21. The van der Waals surface area contributed by atoms with Crippen molar-refractivity contribution in [1.82, 2.24) is 0 Å². The van der Waals surface area contributed by atoms with E-state index in [0.29, 0.717) is 17.0 Å². The molecule has 0 spiro atoms. The first-order valence-electron chi connectivity index (χ1n) is 9.19. The molecule has 0 saturated carbocycles. The van der Waals surface area contributed by atoms with Crippen molar-refractivity contribution in [3.8, 4) is 5.75 Å². The van der Waals surface area contributed by atoms with Crippen LogP contribution in [0.3, 0.4) is 0 Å². The van der Waals surface area contributed by atoms with Gasteiger partial charge in [-0.1, -0.05) is 40.6 Å². The lowest BCUT2D eigenvalue weighted by Crippen LogP contribution is -2.20. The molecular formula is C22H26N2O6. The minimum absolute atomic E-state index is 0.0568. The molecule has 0 aliphatic carbocycles. The topological polar surface area (TPSA) is 87.9 Å². The maximum atomic E-state index is 12.1. The van der Waals surface area contributed by atoms with Crippen LogP contribution in [0.25, 0.3) is 0 Å². The first-order valence-corrected chi connectivity index (χ1v) is 9.19. The predicted molar refractivity (Wildman–Crippen MR) is 113 cm³/mol. The smallest absolute Gasteiger partial charge is 0.360 e. The van der Waals surface area contributed by atoms with Crippen LogP contribution < -0.4 is 4.74 Å². The third kappa shape index (κ3) is 5.81. The highest BCUT2D eigenvalue weighted by atomic mass is 16.7. The molecule has 0 aliphatic rings. The van der Waals surface area contributed by atoms with E-state index in [9.17, 15) is 4.79 Å². The number of para-hydroxylation sites is 1. The highest BCUT2D eigenvalue weighted by molar-refractivity contribution is 6.43. The molecule has 0 aromatic heterocycles. The summed E-state index contributed by atoms with van der Waals surface area (Å²) in [6.07, 6.45) is 0. The molecular weight excluding hydrogens is 388 g/mol. The average molecular weight is 414 g/mol. The number of aryl methyl sites for hydroxylation is 1. The molecule has 2 aromatic rings. The Kier molecular flexibility index (Phi) is 8.83. The molecule has 0 atom stereocenters. The zero-order chi connectivity index (χ0) is 21.9. The van der Waals surface area contributed by atoms with E-state index < -0.39 is 5.97 Å². The van der Waals surface area contributed by atoms with Crippen molar-refractivity contribution >= 4 is 17.4 Å². The summed E-state index contributed by atoms with van der Waals surface area (Å²) < 4.78 is 15.3. The van der Waals surface area contributed by atoms with Gasteiger partial charge in [0.25, 0.3) is 0 Å². The Morgan fingerprint density at radius 2 is 1.70 bits per heavy atom. The molecule has 0 N–H and O–H groups in total. The summed E-state index contributed by atoms with van der Waals surface area (Å²) in [5, 5.41) is 8.04. The molecule has 0 unspecified atom stereocenters. The number of rotatable bonds is 10. The number of nitrogens with zero attached hydrogens (tertiary/aromatic N) is 2. The quantitative estimate of drug-likeness (QED) is 0.256. The standard InChI is InChI=1S/C22H26N2O6/c1-15-9-8-11-18(21(24-28-5)22(25)27-4)19(15)13-30-23-16(2)17-10-6-7-12-20(17)29-14-26-3/h6-12H,13-14H2,1-5H3/b23-16+,24-21+. The van der Waals surface area contributed by atoms with Crippen molar-refractivity contribution < 1.29 is 28.7 Å². The monoisotopic (exact) mass is 414 g/mol. The minimum atomic E-state index is -0.604. The number of carbonyl (C=O) groups is 1. The van der Waals surface area contributed by atoms with Gasteiger partial charge in [0.1, 0.15) is 19.5 Å². The minimum Gasteiger partial charge on any atom is -0.467 e. The van der Waals surface area contributed by atoms with Gasteiger partial charge in [-0.25, -0.2) is 4.79 Å². The lowest BCUT2D eigenvalue weighted by molar-refractivity contribution is -0.132. The third-order valence-corrected chi connectivity index (χ3v) is 4.25. The summed E-state index contributed by atoms with van der Waals surface area (Å²) in [6.45, 7) is 3.99. The maximum absolute atomic E-state index is 12.1. The molecule has 8 heteroatoms. The van der Waals surface area contributed by atoms with E-state index in [1.807, 2.05) is 50.2 Å². The molecule has 160 valence electrons. The number of oxime groups is 2. The lowest BCUT2D eigenvalue weighted by atomic mass is 9.99. The van der Waals surface area contributed by atoms with Gasteiger partial charge in [0.15, 0.2) is 12.5 Å². The Bertz CT molecular complexity index is 924. The Balaban J connectivity index is 2.26. The van der Waals surface area contributed by atoms with E-state index in [1.165, 1.54) is 14.2 Å². The summed E-state index contributed by atoms with van der Waals surface area (Å²) in [7, 11) is 4.21. The second-order valence-corrected chi connectivity index (χ2v) is 6.21. The molecule has 0 amide bonds. The van der Waals surface area contributed by atoms with Crippen LogP contribution in [0.1, 0.15) is 29.2 Å². The van der Waals surface area contributed by atoms with Gasteiger partial charge in [-0.05, 0) is 31.5 Å². The molecule has 2 aromatic carbocycles. The second-order valence-electron chi connectivity index (χ2n) is 6.21. The van der Waals surface area contributed by atoms with Gasteiger partial charge in [-0.2, -0.15) is 0 Å². The van der Waals surface area contributed by atoms with Gasteiger partial charge in [0.2, 0.25) is 0 Å². The largest absolute Gasteiger partial charge is 0.467 e. The first kappa shape index (κ1) is 22.9. The number of ether oxygens (including phenoxy) is 3. The van der Waals surface area contributed by atoms with E-state index in [1.54, 1.807) is 13.2 Å². The SMILES string of the molecule is COCOc1ccccc1/C(C)=N/OCc1c(C)cccc1/C(=N\OC)C(=O)OC. The van der Waals surface area contributed by atoms with Crippen molar-refractivity contribution in [2.24, 2.45) is 10.3 Å². The highest BCUT2D eigenvalue weighted by Gasteiger charge is 2.20. The Morgan fingerprint density at radius 3 is 2.40 bits per heavy atom. The molecule has 0 radical (unpaired) electrons. The van der Waals surface area contributed by atoms with Crippen LogP contribution in [0.4, 0.5) is 0 Å². The zero-order valence-electron chi connectivity index (χ0n) is 17.8. The van der Waals surface area contributed by atoms with Crippen molar-refractivity contribution in [1.29, 1.82) is 0 Å². The summed E-state index contributed by atoms with van der Waals surface area (Å²) >= 11 is 0. The molecule has 0 saturated heterocycles. The molecule has 0 aliphatic heterocycles. The number of benzene rings is 2. The number of hydrogen-bond acceptors (Lipinski definition) is 8. The van der Waals surface area contributed by atoms with E-state index in [2.05, 4.69) is 10.3 Å². The van der Waals surface area contributed by atoms with Gasteiger partial charge in [-0.15, -0.1) is 0 Å². The summed E-state index contributed by atoms with van der Waals surface area (Å²) in [4.78, 5) is 22.6. The van der Waals surface area contributed by atoms with Gasteiger partial charge >= 0.3 is 5.97 Å². The maximum Gasteiger partial charge on any atom is 0.360 e. The fourth-order valence-electron chi connectivity index (χ4n) is 2.76. The number of carbonyl (C=O) groups excluding carboxylic acids is 1. The summed E-state index contributed by atoms with van der Waals surface area (Å²) in [5.41, 5.74) is 3.70. The number of methoxy groups -OCH3 is 2. The van der Waals surface area contributed by atoms with Crippen LogP contribution in [-0.4, -0.2) is 45.5 Å². The van der Waals surface area contributed by atoms with Crippen LogP contribution in [-0.2, 0) is 30.6 Å². The van der Waals surface area contributed by atoms with Crippen molar-refractivity contribution in [3.05, 3.63) is 64.7 Å². The first-order chi connectivity index (χ1) is 14.5. The van der Waals surface area contributed by atoms with Crippen molar-refractivity contribution in [3.63, 3.8) is 0 Å². The van der Waals surface area contributed by atoms with Crippen molar-refractivity contribution in [2.45, 2.75) is 20.5 Å². The van der Waals surface area contributed by atoms with Crippen LogP contribution in [0.5, 0.6) is 5.75 Å². The molecule has 0 fully saturated rings. The normalized spacial score (nSPS) is 11.8. The molecule has 8 nitrogen and oxygen atoms in total. The Morgan fingerprint density at radius 1 is 0.967 bits per heavy atom. The zero-order valence-corrected chi connectivity index (χ0v) is 17.8. The van der Waals surface area contributed by atoms with Crippen LogP contribution >= 0.6 is 0 Å². The lowest BCUT2D eigenvalue weighted by Gasteiger charge is -2.13. The molecule has 30 heavy (non-hydrogen) atoms. The van der Waals surface area contributed by atoms with Crippen LogP contribution in [0.2, 0.25) is 0 Å². The van der Waals surface area contributed by atoms with Gasteiger partial charge in [0.05, 0.1) is 12.8 Å².